The van der Waals surface area contributed by atoms with Crippen molar-refractivity contribution in [1.82, 2.24) is 24.9 Å². The van der Waals surface area contributed by atoms with Crippen molar-refractivity contribution in [3.05, 3.63) is 72.6 Å². The fourth-order valence-corrected chi connectivity index (χ4v) is 8.43. The first-order valence-corrected chi connectivity index (χ1v) is 17.7. The van der Waals surface area contributed by atoms with Crippen molar-refractivity contribution < 1.29 is 18.9 Å². The molecule has 2 aromatic heterocycles. The van der Waals surface area contributed by atoms with Crippen LogP contribution >= 0.6 is 0 Å². The zero-order chi connectivity index (χ0) is 34.0. The van der Waals surface area contributed by atoms with Crippen molar-refractivity contribution >= 4 is 5.82 Å². The molecule has 7 rings (SSSR count). The number of nitrogens with zero attached hydrogens (tertiary/aromatic N) is 6. The highest BCUT2D eigenvalue weighted by Gasteiger charge is 2.53. The Morgan fingerprint density at radius 3 is 2.39 bits per heavy atom. The van der Waals surface area contributed by atoms with Gasteiger partial charge in [0.2, 0.25) is 0 Å². The third kappa shape index (κ3) is 6.91. The number of rotatable bonds is 11. The number of benzene rings is 2. The summed E-state index contributed by atoms with van der Waals surface area (Å²) in [6.07, 6.45) is 13.0. The molecular weight excluding hydrogens is 616 g/mol. The molecule has 1 unspecified atom stereocenters. The van der Waals surface area contributed by atoms with Gasteiger partial charge in [-0.15, -0.1) is 10.2 Å². The van der Waals surface area contributed by atoms with Crippen LogP contribution in [0.4, 0.5) is 5.82 Å². The van der Waals surface area contributed by atoms with Gasteiger partial charge in [-0.05, 0) is 113 Å². The predicted molar refractivity (Wildman–Crippen MR) is 191 cm³/mol. The Balaban J connectivity index is 1.08. The van der Waals surface area contributed by atoms with Crippen molar-refractivity contribution in [2.45, 2.75) is 95.1 Å². The Hall–Kier alpha value is -3.99. The third-order valence-electron chi connectivity index (χ3n) is 11.1. The molecule has 3 aliphatic heterocycles. The lowest BCUT2D eigenvalue weighted by Crippen LogP contribution is -2.67. The lowest BCUT2D eigenvalue weighted by atomic mass is 9.66. The summed E-state index contributed by atoms with van der Waals surface area (Å²) < 4.78 is 24.6. The standard InChI is InChI=1S/C39H50N6O4/c1-38-18-8-19-39(2,45(38)25-28-10-13-32(47-5)14-11-28)23-31(22-38)43(3)36-17-16-34(41-42-36)33-15-12-29(21-35(33)49-27-46-4)30-24-40-44(26-30)37-9-6-7-20-48-37/h10-17,21,24,26,31,37H,6-9,18-20,22-23,25,27H2,1-5H3/t31-,37?,38+,39-. The van der Waals surface area contributed by atoms with Gasteiger partial charge in [-0.25, -0.2) is 4.68 Å². The van der Waals surface area contributed by atoms with Crippen LogP contribution in [-0.4, -0.2) is 76.7 Å². The molecule has 0 amide bonds. The van der Waals surface area contributed by atoms with Gasteiger partial charge in [0.1, 0.15) is 17.7 Å². The summed E-state index contributed by atoms with van der Waals surface area (Å²) in [6.45, 7) is 6.79. The van der Waals surface area contributed by atoms with Gasteiger partial charge in [0.05, 0.1) is 19.0 Å². The number of piperidine rings is 2. The normalized spacial score (nSPS) is 25.6. The fourth-order valence-electron chi connectivity index (χ4n) is 8.43. The second-order valence-corrected chi connectivity index (χ2v) is 14.5. The molecule has 3 saturated heterocycles. The molecule has 3 aliphatic rings. The molecule has 0 radical (unpaired) electrons. The monoisotopic (exact) mass is 666 g/mol. The van der Waals surface area contributed by atoms with E-state index in [9.17, 15) is 0 Å². The van der Waals surface area contributed by atoms with Crippen LogP contribution in [0.25, 0.3) is 22.4 Å². The zero-order valence-electron chi connectivity index (χ0n) is 29.6. The topological polar surface area (TPSA) is 87.0 Å². The highest BCUT2D eigenvalue weighted by molar-refractivity contribution is 5.74. The van der Waals surface area contributed by atoms with E-state index >= 15 is 0 Å². The smallest absolute Gasteiger partial charge is 0.188 e. The van der Waals surface area contributed by atoms with Crippen molar-refractivity contribution in [2.24, 2.45) is 0 Å². The largest absolute Gasteiger partial charge is 0.497 e. The highest BCUT2D eigenvalue weighted by atomic mass is 16.7. The van der Waals surface area contributed by atoms with Crippen LogP contribution in [0.5, 0.6) is 11.5 Å². The van der Waals surface area contributed by atoms with Crippen LogP contribution in [0.15, 0.2) is 67.0 Å². The Kier molecular flexibility index (Phi) is 9.64. The molecule has 2 bridgehead atoms. The van der Waals surface area contributed by atoms with E-state index in [1.54, 1.807) is 14.2 Å². The summed E-state index contributed by atoms with van der Waals surface area (Å²) in [5, 5.41) is 14.1. The van der Waals surface area contributed by atoms with Crippen LogP contribution in [0.2, 0.25) is 0 Å². The predicted octanol–water partition coefficient (Wildman–Crippen LogP) is 7.50. The molecule has 4 aromatic rings. The maximum atomic E-state index is 6.06. The molecule has 3 fully saturated rings. The molecular formula is C39H50N6O4. The molecule has 10 nitrogen and oxygen atoms in total. The maximum Gasteiger partial charge on any atom is 0.188 e. The maximum absolute atomic E-state index is 6.06. The number of methoxy groups -OCH3 is 2. The Morgan fingerprint density at radius 1 is 0.918 bits per heavy atom. The Labute approximate surface area is 290 Å². The first-order chi connectivity index (χ1) is 23.8. The minimum absolute atomic E-state index is 0.00450. The van der Waals surface area contributed by atoms with Crippen molar-refractivity contribution in [1.29, 1.82) is 0 Å². The van der Waals surface area contributed by atoms with Crippen molar-refractivity contribution in [3.63, 3.8) is 0 Å². The van der Waals surface area contributed by atoms with E-state index in [4.69, 9.17) is 29.1 Å². The summed E-state index contributed by atoms with van der Waals surface area (Å²) in [5.41, 5.74) is 5.18. The number of anilines is 1. The number of aromatic nitrogens is 4. The molecule has 0 spiro atoms. The second kappa shape index (κ2) is 14.1. The molecule has 0 N–H and O–H groups in total. The van der Waals surface area contributed by atoms with E-state index < -0.39 is 0 Å². The van der Waals surface area contributed by atoms with Crippen molar-refractivity contribution in [3.8, 4) is 33.9 Å². The van der Waals surface area contributed by atoms with Gasteiger partial charge in [-0.1, -0.05) is 18.2 Å². The quantitative estimate of drug-likeness (QED) is 0.151. The SMILES string of the molecule is COCOc1cc(-c2cnn(C3CCCCO3)c2)ccc1-c1ccc(N(C)[C@@H]2C[C@]3(C)CCC[C@](C)(C2)N3Cc2ccc(OC)cc2)nn1. The van der Waals surface area contributed by atoms with Gasteiger partial charge in [0.15, 0.2) is 12.6 Å². The van der Waals surface area contributed by atoms with Crippen LogP contribution < -0.4 is 14.4 Å². The number of hydrogen-bond acceptors (Lipinski definition) is 9. The lowest BCUT2D eigenvalue weighted by molar-refractivity contribution is -0.0976. The summed E-state index contributed by atoms with van der Waals surface area (Å²) >= 11 is 0. The van der Waals surface area contributed by atoms with E-state index in [0.717, 1.165) is 79.2 Å². The Bertz CT molecular complexity index is 1690. The summed E-state index contributed by atoms with van der Waals surface area (Å²) in [7, 11) is 5.52. The van der Waals surface area contributed by atoms with Gasteiger partial charge in [0, 0.05) is 61.8 Å². The number of ether oxygens (including phenoxy) is 4. The van der Waals surface area contributed by atoms with E-state index in [1.807, 2.05) is 29.2 Å². The average Bonchev–Trinajstić information content (AvgIpc) is 3.63. The number of fused-ring (bicyclic) bond motifs is 2. The molecule has 2 aromatic carbocycles. The minimum atomic E-state index is -0.00450. The summed E-state index contributed by atoms with van der Waals surface area (Å²) in [6, 6.07) is 19.2. The third-order valence-corrected chi connectivity index (χ3v) is 11.1. The first kappa shape index (κ1) is 33.5. The van der Waals surface area contributed by atoms with E-state index in [-0.39, 0.29) is 24.1 Å². The van der Waals surface area contributed by atoms with Gasteiger partial charge < -0.3 is 23.8 Å². The molecule has 260 valence electrons. The Morgan fingerprint density at radius 2 is 1.71 bits per heavy atom. The molecule has 0 saturated carbocycles. The fraction of sp³-hybridized carbons (Fsp3) is 0.513. The van der Waals surface area contributed by atoms with Crippen LogP contribution in [-0.2, 0) is 16.0 Å². The second-order valence-electron chi connectivity index (χ2n) is 14.5. The van der Waals surface area contributed by atoms with Crippen molar-refractivity contribution in [2.75, 3.05) is 39.6 Å². The van der Waals surface area contributed by atoms with Crippen LogP contribution in [0.3, 0.4) is 0 Å². The first-order valence-electron chi connectivity index (χ1n) is 17.7. The summed E-state index contributed by atoms with van der Waals surface area (Å²) in [5.74, 6) is 2.48. The highest BCUT2D eigenvalue weighted by Crippen LogP contribution is 2.50. The molecule has 0 aliphatic carbocycles. The van der Waals surface area contributed by atoms with E-state index in [2.05, 4.69) is 78.3 Å². The van der Waals surface area contributed by atoms with Crippen LogP contribution in [0.1, 0.15) is 77.0 Å². The van der Waals surface area contributed by atoms with E-state index in [0.29, 0.717) is 11.8 Å². The molecule has 10 heteroatoms. The van der Waals surface area contributed by atoms with Gasteiger partial charge in [0.25, 0.3) is 0 Å². The number of hydrogen-bond donors (Lipinski definition) is 0. The van der Waals surface area contributed by atoms with Crippen LogP contribution in [0, 0.1) is 0 Å². The van der Waals surface area contributed by atoms with Gasteiger partial charge in [-0.2, -0.15) is 5.10 Å². The minimum Gasteiger partial charge on any atom is -0.497 e. The molecule has 4 atom stereocenters. The van der Waals surface area contributed by atoms with Gasteiger partial charge >= 0.3 is 0 Å². The lowest BCUT2D eigenvalue weighted by Gasteiger charge is -2.62. The summed E-state index contributed by atoms with van der Waals surface area (Å²) in [4.78, 5) is 5.13. The average molecular weight is 667 g/mol. The van der Waals surface area contributed by atoms with E-state index in [1.165, 1.54) is 24.8 Å². The van der Waals surface area contributed by atoms with Gasteiger partial charge in [-0.3, -0.25) is 4.90 Å². The molecule has 49 heavy (non-hydrogen) atoms. The molecule has 5 heterocycles. The zero-order valence-corrected chi connectivity index (χ0v) is 29.6.